The summed E-state index contributed by atoms with van der Waals surface area (Å²) in [4.78, 5) is 10.7. The molecule has 0 aliphatic carbocycles. The van der Waals surface area contributed by atoms with Gasteiger partial charge in [0.25, 0.3) is 0 Å². The van der Waals surface area contributed by atoms with E-state index in [0.29, 0.717) is 10.6 Å². The molecule has 0 saturated carbocycles. The molecule has 0 aliphatic rings. The summed E-state index contributed by atoms with van der Waals surface area (Å²) in [6.07, 6.45) is -0.0421. The van der Waals surface area contributed by atoms with E-state index in [0.717, 1.165) is 0 Å². The highest BCUT2D eigenvalue weighted by Crippen LogP contribution is 2.21. The van der Waals surface area contributed by atoms with Gasteiger partial charge in [-0.1, -0.05) is 0 Å². The predicted molar refractivity (Wildman–Crippen MR) is 51.2 cm³/mol. The van der Waals surface area contributed by atoms with E-state index in [-0.39, 0.29) is 25.2 Å². The molecule has 0 aliphatic heterocycles. The van der Waals surface area contributed by atoms with Gasteiger partial charge in [0.1, 0.15) is 5.75 Å². The summed E-state index contributed by atoms with van der Waals surface area (Å²) >= 11 is 0.157. The second kappa shape index (κ2) is 5.49. The summed E-state index contributed by atoms with van der Waals surface area (Å²) in [6, 6.07) is 6.34. The number of rotatable bonds is 5. The molecule has 76 valence electrons. The zero-order valence-corrected chi connectivity index (χ0v) is 8.09. The molecule has 1 N–H and O–H groups in total. The lowest BCUT2D eigenvalue weighted by Gasteiger charge is -2.03. The normalized spacial score (nSPS) is 9.79. The van der Waals surface area contributed by atoms with E-state index < -0.39 is 5.97 Å². The quantitative estimate of drug-likeness (QED) is 0.821. The van der Waals surface area contributed by atoms with E-state index in [1.54, 1.807) is 24.3 Å². The van der Waals surface area contributed by atoms with Crippen LogP contribution in [0.3, 0.4) is 0 Å². The van der Waals surface area contributed by atoms with Gasteiger partial charge >= 0.3 is 5.97 Å². The lowest BCUT2D eigenvalue weighted by atomic mass is 10.3. The fraction of sp³-hybridized carbons (Fsp3) is 0.222. The molecular formula is C9H9FO3S. The smallest absolute Gasteiger partial charge is 0.306 e. The first kappa shape index (κ1) is 10.8. The summed E-state index contributed by atoms with van der Waals surface area (Å²) in [7, 11) is 0. The first-order valence-electron chi connectivity index (χ1n) is 3.95. The topological polar surface area (TPSA) is 46.5 Å². The second-order valence-electron chi connectivity index (χ2n) is 2.54. The molecule has 0 heterocycles. The van der Waals surface area contributed by atoms with Crippen molar-refractivity contribution in [2.75, 3.05) is 6.61 Å². The van der Waals surface area contributed by atoms with Crippen LogP contribution in [0.2, 0.25) is 0 Å². The third-order valence-corrected chi connectivity index (χ3v) is 1.95. The van der Waals surface area contributed by atoms with E-state index in [4.69, 9.17) is 9.84 Å². The second-order valence-corrected chi connectivity index (χ2v) is 3.17. The van der Waals surface area contributed by atoms with Gasteiger partial charge in [0.15, 0.2) is 0 Å². The summed E-state index contributed by atoms with van der Waals surface area (Å²) in [6.45, 7) is 0.122. The Labute approximate surface area is 85.2 Å². The number of hydrogen-bond donors (Lipinski definition) is 1. The van der Waals surface area contributed by atoms with Crippen LogP contribution in [0.15, 0.2) is 29.2 Å². The van der Waals surface area contributed by atoms with Gasteiger partial charge in [-0.25, -0.2) is 0 Å². The minimum Gasteiger partial charge on any atom is -0.493 e. The van der Waals surface area contributed by atoms with E-state index in [1.807, 2.05) is 0 Å². The van der Waals surface area contributed by atoms with Gasteiger partial charge in [0, 0.05) is 4.90 Å². The zero-order chi connectivity index (χ0) is 10.4. The Kier molecular flexibility index (Phi) is 4.25. The first-order valence-corrected chi connectivity index (χ1v) is 4.67. The molecule has 0 atom stereocenters. The molecule has 0 amide bonds. The van der Waals surface area contributed by atoms with E-state index in [2.05, 4.69) is 0 Å². The van der Waals surface area contributed by atoms with Crippen LogP contribution in [0.1, 0.15) is 6.42 Å². The number of carboxylic acids is 1. The van der Waals surface area contributed by atoms with Crippen LogP contribution in [0.5, 0.6) is 5.75 Å². The van der Waals surface area contributed by atoms with Crippen molar-refractivity contribution < 1.29 is 18.5 Å². The molecule has 0 bridgehead atoms. The molecule has 0 radical (unpaired) electrons. The Morgan fingerprint density at radius 2 is 2.07 bits per heavy atom. The van der Waals surface area contributed by atoms with Gasteiger partial charge in [-0.2, -0.15) is 3.89 Å². The van der Waals surface area contributed by atoms with Gasteiger partial charge in [-0.05, 0) is 24.3 Å². The fourth-order valence-corrected chi connectivity index (χ4v) is 1.08. The number of aliphatic carboxylic acids is 1. The molecule has 1 aromatic rings. The Balaban J connectivity index is 2.40. The number of carboxylic acid groups (broad SMARTS) is 1. The highest BCUT2D eigenvalue weighted by molar-refractivity contribution is 7.94. The molecule has 0 aromatic heterocycles. The maximum Gasteiger partial charge on any atom is 0.306 e. The van der Waals surface area contributed by atoms with Crippen LogP contribution in [0, 0.1) is 0 Å². The summed E-state index contributed by atoms with van der Waals surface area (Å²) < 4.78 is 17.1. The average Bonchev–Trinajstić information content (AvgIpc) is 2.18. The third-order valence-electron chi connectivity index (χ3n) is 1.50. The van der Waals surface area contributed by atoms with Gasteiger partial charge in [-0.3, -0.25) is 4.79 Å². The fourth-order valence-electron chi connectivity index (χ4n) is 0.843. The molecule has 0 fully saturated rings. The van der Waals surface area contributed by atoms with E-state index in [1.165, 1.54) is 0 Å². The average molecular weight is 216 g/mol. The van der Waals surface area contributed by atoms with Crippen molar-refractivity contribution in [3.63, 3.8) is 0 Å². The number of ether oxygens (including phenoxy) is 1. The van der Waals surface area contributed by atoms with Crippen molar-refractivity contribution in [2.24, 2.45) is 0 Å². The third kappa shape index (κ3) is 3.66. The van der Waals surface area contributed by atoms with Crippen molar-refractivity contribution >= 4 is 18.1 Å². The monoisotopic (exact) mass is 216 g/mol. The minimum absolute atomic E-state index is 0.0421. The molecule has 3 nitrogen and oxygen atoms in total. The number of benzene rings is 1. The maximum atomic E-state index is 12.0. The van der Waals surface area contributed by atoms with Gasteiger partial charge in [-0.15, -0.1) is 0 Å². The van der Waals surface area contributed by atoms with Crippen molar-refractivity contribution in [1.29, 1.82) is 0 Å². The van der Waals surface area contributed by atoms with Gasteiger partial charge < -0.3 is 9.84 Å². The Bertz CT molecular complexity index is 299. The highest BCUT2D eigenvalue weighted by atomic mass is 32.2. The number of hydrogen-bond acceptors (Lipinski definition) is 3. The zero-order valence-electron chi connectivity index (χ0n) is 7.27. The lowest BCUT2D eigenvalue weighted by Crippen LogP contribution is -2.04. The van der Waals surface area contributed by atoms with Crippen LogP contribution >= 0.6 is 12.1 Å². The molecule has 0 saturated heterocycles. The number of carbonyl (C=O) groups is 1. The Morgan fingerprint density at radius 1 is 1.43 bits per heavy atom. The van der Waals surface area contributed by atoms with Gasteiger partial charge in [0.05, 0.1) is 25.2 Å². The molecule has 0 unspecified atom stereocenters. The van der Waals surface area contributed by atoms with E-state index in [9.17, 15) is 8.68 Å². The van der Waals surface area contributed by atoms with Crippen LogP contribution < -0.4 is 4.74 Å². The van der Waals surface area contributed by atoms with Crippen molar-refractivity contribution in [3.05, 3.63) is 24.3 Å². The Morgan fingerprint density at radius 3 is 2.57 bits per heavy atom. The molecule has 1 aromatic carbocycles. The Hall–Kier alpha value is -1.23. The molecule has 14 heavy (non-hydrogen) atoms. The SMILES string of the molecule is O=C(O)CCOc1ccc(SF)cc1. The molecular weight excluding hydrogens is 207 g/mol. The van der Waals surface area contributed by atoms with Crippen LogP contribution in [0.25, 0.3) is 0 Å². The minimum atomic E-state index is -0.902. The predicted octanol–water partition coefficient (Wildman–Crippen LogP) is 2.52. The van der Waals surface area contributed by atoms with Crippen molar-refractivity contribution in [1.82, 2.24) is 0 Å². The summed E-state index contributed by atoms with van der Waals surface area (Å²) in [5.41, 5.74) is 0. The van der Waals surface area contributed by atoms with Crippen LogP contribution in [-0.2, 0) is 4.79 Å². The molecule has 1 rings (SSSR count). The van der Waals surface area contributed by atoms with Gasteiger partial charge in [0.2, 0.25) is 0 Å². The largest absolute Gasteiger partial charge is 0.493 e. The molecule has 0 spiro atoms. The van der Waals surface area contributed by atoms with Crippen molar-refractivity contribution in [3.8, 4) is 5.75 Å². The highest BCUT2D eigenvalue weighted by Gasteiger charge is 1.98. The summed E-state index contributed by atoms with van der Waals surface area (Å²) in [5, 5.41) is 8.34. The summed E-state index contributed by atoms with van der Waals surface area (Å²) in [5.74, 6) is -0.356. The number of halogens is 1. The lowest BCUT2D eigenvalue weighted by molar-refractivity contribution is -0.137. The first-order chi connectivity index (χ1) is 6.72. The van der Waals surface area contributed by atoms with Crippen molar-refractivity contribution in [2.45, 2.75) is 11.3 Å². The van der Waals surface area contributed by atoms with E-state index >= 15 is 0 Å². The van der Waals surface area contributed by atoms with Crippen LogP contribution in [-0.4, -0.2) is 17.7 Å². The molecule has 5 heteroatoms. The standard InChI is InChI=1S/C9H9FO3S/c10-14-8-3-1-7(2-4-8)13-6-5-9(11)12/h1-4H,5-6H2,(H,11,12). The maximum absolute atomic E-state index is 12.0. The van der Waals surface area contributed by atoms with Crippen LogP contribution in [0.4, 0.5) is 3.89 Å².